The fourth-order valence-corrected chi connectivity index (χ4v) is 1.43. The van der Waals surface area contributed by atoms with Crippen molar-refractivity contribution < 1.29 is 8.78 Å². The SMILES string of the molecule is NCC(F)Cc1ccc(F)c(Br)c1. The molecule has 0 radical (unpaired) electrons. The van der Waals surface area contributed by atoms with Crippen LogP contribution in [-0.4, -0.2) is 12.7 Å². The minimum atomic E-state index is -1.06. The van der Waals surface area contributed by atoms with E-state index in [1.165, 1.54) is 6.07 Å². The Morgan fingerprint density at radius 3 is 2.69 bits per heavy atom. The number of benzene rings is 1. The Morgan fingerprint density at radius 1 is 1.46 bits per heavy atom. The van der Waals surface area contributed by atoms with Crippen LogP contribution in [0.1, 0.15) is 5.56 Å². The number of halogens is 3. The molecule has 1 aromatic rings. The molecule has 0 aliphatic rings. The topological polar surface area (TPSA) is 26.0 Å². The molecule has 72 valence electrons. The van der Waals surface area contributed by atoms with Gasteiger partial charge in [0.2, 0.25) is 0 Å². The first-order chi connectivity index (χ1) is 6.13. The van der Waals surface area contributed by atoms with E-state index < -0.39 is 6.17 Å². The van der Waals surface area contributed by atoms with Crippen LogP contribution in [0.15, 0.2) is 22.7 Å². The summed E-state index contributed by atoms with van der Waals surface area (Å²) in [6, 6.07) is 4.43. The smallest absolute Gasteiger partial charge is 0.137 e. The van der Waals surface area contributed by atoms with Gasteiger partial charge in [-0.05, 0) is 33.6 Å². The maximum Gasteiger partial charge on any atom is 0.137 e. The fraction of sp³-hybridized carbons (Fsp3) is 0.333. The van der Waals surface area contributed by atoms with E-state index in [4.69, 9.17) is 5.73 Å². The molecule has 0 amide bonds. The molecule has 4 heteroatoms. The van der Waals surface area contributed by atoms with E-state index in [-0.39, 0.29) is 18.8 Å². The molecule has 1 rings (SSSR count). The molecule has 0 saturated carbocycles. The van der Waals surface area contributed by atoms with E-state index in [9.17, 15) is 8.78 Å². The molecule has 0 aliphatic heterocycles. The lowest BCUT2D eigenvalue weighted by Gasteiger charge is -2.05. The summed E-state index contributed by atoms with van der Waals surface area (Å²) in [6.07, 6.45) is -0.826. The third kappa shape index (κ3) is 3.04. The molecular weight excluding hydrogens is 240 g/mol. The maximum absolute atomic E-state index is 12.8. The van der Waals surface area contributed by atoms with Crippen LogP contribution < -0.4 is 5.73 Å². The van der Waals surface area contributed by atoms with Crippen LogP contribution >= 0.6 is 15.9 Å². The highest BCUT2D eigenvalue weighted by Crippen LogP contribution is 2.18. The fourth-order valence-electron chi connectivity index (χ4n) is 1.01. The third-order valence-electron chi connectivity index (χ3n) is 1.70. The van der Waals surface area contributed by atoms with E-state index in [0.29, 0.717) is 4.47 Å². The molecule has 2 N–H and O–H groups in total. The molecule has 0 saturated heterocycles. The third-order valence-corrected chi connectivity index (χ3v) is 2.30. The lowest BCUT2D eigenvalue weighted by Crippen LogP contribution is -2.17. The molecule has 1 aromatic carbocycles. The van der Waals surface area contributed by atoms with Crippen LogP contribution in [0.3, 0.4) is 0 Å². The summed E-state index contributed by atoms with van der Waals surface area (Å²) in [5, 5.41) is 0. The predicted molar refractivity (Wildman–Crippen MR) is 51.8 cm³/mol. The van der Waals surface area contributed by atoms with E-state index >= 15 is 0 Å². The van der Waals surface area contributed by atoms with Crippen molar-refractivity contribution in [2.45, 2.75) is 12.6 Å². The second-order valence-electron chi connectivity index (χ2n) is 2.79. The lowest BCUT2D eigenvalue weighted by atomic mass is 10.1. The van der Waals surface area contributed by atoms with Crippen molar-refractivity contribution in [3.05, 3.63) is 34.1 Å². The largest absolute Gasteiger partial charge is 0.328 e. The van der Waals surface area contributed by atoms with Crippen molar-refractivity contribution in [3.8, 4) is 0 Å². The van der Waals surface area contributed by atoms with Gasteiger partial charge in [-0.2, -0.15) is 0 Å². The molecule has 1 nitrogen and oxygen atoms in total. The normalized spacial score (nSPS) is 12.9. The number of nitrogens with two attached hydrogens (primary N) is 1. The van der Waals surface area contributed by atoms with Crippen molar-refractivity contribution in [3.63, 3.8) is 0 Å². The van der Waals surface area contributed by atoms with Gasteiger partial charge in [-0.25, -0.2) is 8.78 Å². The molecule has 13 heavy (non-hydrogen) atoms. The second-order valence-corrected chi connectivity index (χ2v) is 3.64. The van der Waals surface area contributed by atoms with Crippen LogP contribution in [0.2, 0.25) is 0 Å². The van der Waals surface area contributed by atoms with Crippen molar-refractivity contribution in [1.82, 2.24) is 0 Å². The summed E-state index contributed by atoms with van der Waals surface area (Å²) in [5.41, 5.74) is 5.87. The minimum absolute atomic E-state index is 0.00496. The van der Waals surface area contributed by atoms with E-state index in [1.807, 2.05) is 0 Å². The van der Waals surface area contributed by atoms with Crippen LogP contribution in [0.25, 0.3) is 0 Å². The summed E-state index contributed by atoms with van der Waals surface area (Å²) in [4.78, 5) is 0. The Balaban J connectivity index is 2.73. The zero-order chi connectivity index (χ0) is 9.84. The number of hydrogen-bond acceptors (Lipinski definition) is 1. The van der Waals surface area contributed by atoms with Crippen LogP contribution in [-0.2, 0) is 6.42 Å². The number of hydrogen-bond donors (Lipinski definition) is 1. The molecule has 0 fully saturated rings. The zero-order valence-electron chi connectivity index (χ0n) is 6.93. The molecule has 0 aliphatic carbocycles. The molecule has 1 unspecified atom stereocenters. The van der Waals surface area contributed by atoms with E-state index in [2.05, 4.69) is 15.9 Å². The van der Waals surface area contributed by atoms with Gasteiger partial charge in [-0.1, -0.05) is 6.07 Å². The second kappa shape index (κ2) is 4.67. The van der Waals surface area contributed by atoms with Crippen LogP contribution in [0.4, 0.5) is 8.78 Å². The van der Waals surface area contributed by atoms with Crippen molar-refractivity contribution in [1.29, 1.82) is 0 Å². The van der Waals surface area contributed by atoms with Gasteiger partial charge in [-0.3, -0.25) is 0 Å². The highest BCUT2D eigenvalue weighted by molar-refractivity contribution is 9.10. The summed E-state index contributed by atoms with van der Waals surface area (Å²) < 4.78 is 25.9. The van der Waals surface area contributed by atoms with Crippen molar-refractivity contribution in [2.24, 2.45) is 5.73 Å². The summed E-state index contributed by atoms with van der Waals surface area (Å²) in [7, 11) is 0. The first kappa shape index (κ1) is 10.6. The molecule has 0 heterocycles. The Kier molecular flexibility index (Phi) is 3.81. The van der Waals surface area contributed by atoms with Gasteiger partial charge < -0.3 is 5.73 Å². The Bertz CT molecular complexity index is 291. The molecule has 0 aromatic heterocycles. The highest BCUT2D eigenvalue weighted by Gasteiger charge is 2.06. The maximum atomic E-state index is 12.8. The molecule has 0 spiro atoms. The van der Waals surface area contributed by atoms with Crippen molar-refractivity contribution >= 4 is 15.9 Å². The average molecular weight is 250 g/mol. The van der Waals surface area contributed by atoms with E-state index in [1.54, 1.807) is 12.1 Å². The number of rotatable bonds is 3. The zero-order valence-corrected chi connectivity index (χ0v) is 8.52. The standard InChI is InChI=1S/C9H10BrF2N/c10-8-4-6(1-2-9(8)12)3-7(11)5-13/h1-2,4,7H,3,5,13H2. The first-order valence-corrected chi connectivity index (χ1v) is 4.71. The molecular formula is C9H10BrF2N. The van der Waals surface area contributed by atoms with Crippen molar-refractivity contribution in [2.75, 3.05) is 6.54 Å². The highest BCUT2D eigenvalue weighted by atomic mass is 79.9. The quantitative estimate of drug-likeness (QED) is 0.875. The summed E-state index contributed by atoms with van der Waals surface area (Å²) in [5.74, 6) is -0.341. The molecule has 0 bridgehead atoms. The van der Waals surface area contributed by atoms with Gasteiger partial charge in [0.05, 0.1) is 4.47 Å². The first-order valence-electron chi connectivity index (χ1n) is 3.91. The van der Waals surface area contributed by atoms with Gasteiger partial charge in [0.25, 0.3) is 0 Å². The summed E-state index contributed by atoms with van der Waals surface area (Å²) >= 11 is 3.03. The number of alkyl halides is 1. The predicted octanol–water partition coefficient (Wildman–Crippen LogP) is 2.43. The van der Waals surface area contributed by atoms with Gasteiger partial charge >= 0.3 is 0 Å². The Hall–Kier alpha value is -0.480. The minimum Gasteiger partial charge on any atom is -0.328 e. The van der Waals surface area contributed by atoms with Crippen LogP contribution in [0, 0.1) is 5.82 Å². The Labute approximate surface area is 84.1 Å². The van der Waals surface area contributed by atoms with Gasteiger partial charge in [0, 0.05) is 13.0 Å². The van der Waals surface area contributed by atoms with E-state index in [0.717, 1.165) is 5.56 Å². The monoisotopic (exact) mass is 249 g/mol. The Morgan fingerprint density at radius 2 is 2.15 bits per heavy atom. The molecule has 1 atom stereocenters. The average Bonchev–Trinajstić information content (AvgIpc) is 2.11. The summed E-state index contributed by atoms with van der Waals surface area (Å²) in [6.45, 7) is -0.00496. The van der Waals surface area contributed by atoms with Crippen LogP contribution in [0.5, 0.6) is 0 Å². The lowest BCUT2D eigenvalue weighted by molar-refractivity contribution is 0.340. The van der Waals surface area contributed by atoms with Gasteiger partial charge in [0.15, 0.2) is 0 Å². The van der Waals surface area contributed by atoms with Gasteiger partial charge in [0.1, 0.15) is 12.0 Å². The van der Waals surface area contributed by atoms with Gasteiger partial charge in [-0.15, -0.1) is 0 Å².